The van der Waals surface area contributed by atoms with E-state index in [1.807, 2.05) is 0 Å². The highest BCUT2D eigenvalue weighted by Gasteiger charge is 2.41. The lowest BCUT2D eigenvalue weighted by atomic mass is 9.87. The van der Waals surface area contributed by atoms with Gasteiger partial charge in [0.05, 0.1) is 18.3 Å². The first-order valence-corrected chi connectivity index (χ1v) is 19.8. The summed E-state index contributed by atoms with van der Waals surface area (Å²) in [5.74, 6) is -0.858. The van der Waals surface area contributed by atoms with Crippen LogP contribution in [0.15, 0.2) is 12.2 Å². The summed E-state index contributed by atoms with van der Waals surface area (Å²) in [6.07, 6.45) is 20.5. The maximum Gasteiger partial charge on any atom is 0.305 e. The Morgan fingerprint density at radius 3 is 1.71 bits per heavy atom. The van der Waals surface area contributed by atoms with Crippen molar-refractivity contribution >= 4 is 17.7 Å². The number of unbranched alkanes of at least 4 members (excludes halogenated alkanes) is 13. The fraction of sp³-hybridized carbons (Fsp3) is 0.875. The minimum atomic E-state index is -1.09. The molecule has 1 rings (SSSR count). The molecule has 0 heterocycles. The van der Waals surface area contributed by atoms with Crippen molar-refractivity contribution in [2.45, 2.75) is 193 Å². The number of hydrogen-bond donors (Lipinski definition) is 4. The fourth-order valence-electron chi connectivity index (χ4n) is 6.56. The Balaban J connectivity index is 2.07. The van der Waals surface area contributed by atoms with Crippen molar-refractivity contribution in [3.63, 3.8) is 0 Å². The van der Waals surface area contributed by atoms with E-state index < -0.39 is 36.3 Å². The standard InChI is InChI=1S/C40H72O9/c1-4-5-15-21-32(41)25-26-35-36(38(45)28-37(35)44)27-33(42)22-18-19-24-40(47)49-30-34(43)29-48-39(46)23-17-14-12-10-8-6-7-9-11-13-16-20-31(2)3/h25-26,31-32,34-38,41,43-45H,4-24,27-30H2,1-3H3/b26-25+/t32-,34+,35+,36+,37+,38-/m0/s1. The summed E-state index contributed by atoms with van der Waals surface area (Å²) >= 11 is 0. The van der Waals surface area contributed by atoms with Crippen LogP contribution in [0, 0.1) is 17.8 Å². The van der Waals surface area contributed by atoms with Crippen LogP contribution in [0.2, 0.25) is 0 Å². The molecular formula is C40H72O9. The molecule has 9 nitrogen and oxygen atoms in total. The van der Waals surface area contributed by atoms with Gasteiger partial charge in [-0.1, -0.05) is 123 Å². The number of esters is 2. The second-order valence-electron chi connectivity index (χ2n) is 14.9. The maximum atomic E-state index is 12.6. The van der Waals surface area contributed by atoms with Crippen LogP contribution >= 0.6 is 0 Å². The van der Waals surface area contributed by atoms with Crippen molar-refractivity contribution in [2.24, 2.45) is 17.8 Å². The topological polar surface area (TPSA) is 151 Å². The SMILES string of the molecule is CCCCC[C@H](O)/C=C/[C@@H]1[C@@H](CC(=O)CCCCC(=O)OC[C@H](O)COC(=O)CCCCCCCCCCCCCC(C)C)[C@@H](O)C[C@H]1O. The molecule has 0 unspecified atom stereocenters. The van der Waals surface area contributed by atoms with E-state index in [0.717, 1.165) is 44.4 Å². The van der Waals surface area contributed by atoms with Crippen LogP contribution in [0.5, 0.6) is 0 Å². The molecule has 0 aromatic heterocycles. The highest BCUT2D eigenvalue weighted by molar-refractivity contribution is 5.79. The van der Waals surface area contributed by atoms with E-state index in [9.17, 15) is 34.8 Å². The van der Waals surface area contributed by atoms with Crippen molar-refractivity contribution in [1.82, 2.24) is 0 Å². The molecule has 0 aromatic rings. The van der Waals surface area contributed by atoms with Crippen molar-refractivity contribution < 1.29 is 44.3 Å². The Labute approximate surface area is 297 Å². The zero-order chi connectivity index (χ0) is 36.3. The van der Waals surface area contributed by atoms with E-state index in [0.29, 0.717) is 25.7 Å². The van der Waals surface area contributed by atoms with E-state index in [2.05, 4.69) is 20.8 Å². The molecule has 0 saturated heterocycles. The largest absolute Gasteiger partial charge is 0.463 e. The molecule has 4 N–H and O–H groups in total. The zero-order valence-corrected chi connectivity index (χ0v) is 31.2. The van der Waals surface area contributed by atoms with Gasteiger partial charge in [0, 0.05) is 43.9 Å². The Morgan fingerprint density at radius 2 is 1.16 bits per heavy atom. The second-order valence-corrected chi connectivity index (χ2v) is 14.9. The molecular weight excluding hydrogens is 624 g/mol. The van der Waals surface area contributed by atoms with E-state index in [-0.39, 0.29) is 56.6 Å². The van der Waals surface area contributed by atoms with Crippen LogP contribution in [0.3, 0.4) is 0 Å². The first-order valence-electron chi connectivity index (χ1n) is 19.8. The summed E-state index contributed by atoms with van der Waals surface area (Å²) in [6.45, 7) is 6.20. The molecule has 0 spiro atoms. The van der Waals surface area contributed by atoms with E-state index in [1.165, 1.54) is 57.8 Å². The Hall–Kier alpha value is -1.81. The van der Waals surface area contributed by atoms with Crippen LogP contribution < -0.4 is 0 Å². The van der Waals surface area contributed by atoms with Gasteiger partial charge in [-0.05, 0) is 31.6 Å². The summed E-state index contributed by atoms with van der Waals surface area (Å²) in [4.78, 5) is 36.7. The Bertz CT molecular complexity index is 889. The van der Waals surface area contributed by atoms with Crippen molar-refractivity contribution in [3.05, 3.63) is 12.2 Å². The number of Topliss-reactive ketones (excluding diaryl/α,β-unsaturated/α-hetero) is 1. The number of carbonyl (C=O) groups is 3. The molecule has 286 valence electrons. The fourth-order valence-corrected chi connectivity index (χ4v) is 6.56. The van der Waals surface area contributed by atoms with Gasteiger partial charge in [0.1, 0.15) is 25.1 Å². The van der Waals surface area contributed by atoms with E-state index in [4.69, 9.17) is 9.47 Å². The molecule has 0 radical (unpaired) electrons. The summed E-state index contributed by atoms with van der Waals surface area (Å²) in [5, 5.41) is 41.1. The number of ketones is 1. The Kier molecular flexibility index (Phi) is 26.6. The summed E-state index contributed by atoms with van der Waals surface area (Å²) < 4.78 is 10.2. The highest BCUT2D eigenvalue weighted by atomic mass is 16.6. The molecule has 0 bridgehead atoms. The van der Waals surface area contributed by atoms with E-state index in [1.54, 1.807) is 12.2 Å². The average Bonchev–Trinajstić information content (AvgIpc) is 3.32. The molecule has 0 amide bonds. The highest BCUT2D eigenvalue weighted by Crippen LogP contribution is 2.36. The van der Waals surface area contributed by atoms with Gasteiger partial charge in [-0.25, -0.2) is 0 Å². The molecule has 49 heavy (non-hydrogen) atoms. The van der Waals surface area contributed by atoms with Crippen LogP contribution in [-0.4, -0.2) is 75.8 Å². The predicted molar refractivity (Wildman–Crippen MR) is 194 cm³/mol. The molecule has 9 heteroatoms. The van der Waals surface area contributed by atoms with Gasteiger partial charge in [0.2, 0.25) is 0 Å². The average molecular weight is 697 g/mol. The first-order chi connectivity index (χ1) is 23.5. The maximum absolute atomic E-state index is 12.6. The van der Waals surface area contributed by atoms with Gasteiger partial charge >= 0.3 is 11.9 Å². The third-order valence-electron chi connectivity index (χ3n) is 9.66. The lowest BCUT2D eigenvalue weighted by Gasteiger charge is -2.20. The Morgan fingerprint density at radius 1 is 0.673 bits per heavy atom. The molecule has 0 aromatic carbocycles. The number of aliphatic hydroxyl groups excluding tert-OH is 4. The summed E-state index contributed by atoms with van der Waals surface area (Å²) in [6, 6.07) is 0. The van der Waals surface area contributed by atoms with Gasteiger partial charge in [-0.2, -0.15) is 0 Å². The molecule has 1 fully saturated rings. The summed E-state index contributed by atoms with van der Waals surface area (Å²) in [5.41, 5.74) is 0. The number of ether oxygens (including phenoxy) is 2. The van der Waals surface area contributed by atoms with E-state index >= 15 is 0 Å². The predicted octanol–water partition coefficient (Wildman–Crippen LogP) is 7.54. The normalized spacial score (nSPS) is 20.6. The smallest absolute Gasteiger partial charge is 0.305 e. The minimum absolute atomic E-state index is 0.0424. The van der Waals surface area contributed by atoms with Crippen LogP contribution in [-0.2, 0) is 23.9 Å². The van der Waals surface area contributed by atoms with Gasteiger partial charge in [-0.15, -0.1) is 0 Å². The van der Waals surface area contributed by atoms with Crippen LogP contribution in [0.1, 0.15) is 168 Å². The van der Waals surface area contributed by atoms with Gasteiger partial charge in [0.25, 0.3) is 0 Å². The number of aliphatic hydroxyl groups is 4. The molecule has 0 aliphatic heterocycles. The van der Waals surface area contributed by atoms with Gasteiger partial charge in [-0.3, -0.25) is 14.4 Å². The number of carbonyl (C=O) groups excluding carboxylic acids is 3. The molecule has 1 saturated carbocycles. The number of rotatable bonds is 31. The van der Waals surface area contributed by atoms with Gasteiger partial charge in [0.15, 0.2) is 0 Å². The summed E-state index contributed by atoms with van der Waals surface area (Å²) in [7, 11) is 0. The molecule has 1 aliphatic carbocycles. The van der Waals surface area contributed by atoms with Crippen molar-refractivity contribution in [3.8, 4) is 0 Å². The molecule has 1 aliphatic rings. The third kappa shape index (κ3) is 24.1. The van der Waals surface area contributed by atoms with Gasteiger partial charge < -0.3 is 29.9 Å². The first kappa shape index (κ1) is 45.2. The minimum Gasteiger partial charge on any atom is -0.463 e. The zero-order valence-electron chi connectivity index (χ0n) is 31.2. The quantitative estimate of drug-likeness (QED) is 0.0328. The lowest BCUT2D eigenvalue weighted by Crippen LogP contribution is -2.25. The van der Waals surface area contributed by atoms with Crippen molar-refractivity contribution in [1.29, 1.82) is 0 Å². The van der Waals surface area contributed by atoms with Crippen molar-refractivity contribution in [2.75, 3.05) is 13.2 Å². The number of hydrogen-bond acceptors (Lipinski definition) is 9. The lowest BCUT2D eigenvalue weighted by molar-refractivity contribution is -0.152. The second kappa shape index (κ2) is 28.8. The molecule has 6 atom stereocenters. The monoisotopic (exact) mass is 697 g/mol. The van der Waals surface area contributed by atoms with Crippen LogP contribution in [0.25, 0.3) is 0 Å². The third-order valence-corrected chi connectivity index (χ3v) is 9.66. The van der Waals surface area contributed by atoms with Crippen LogP contribution in [0.4, 0.5) is 0 Å².